The van der Waals surface area contributed by atoms with E-state index in [-0.39, 0.29) is 17.4 Å². The molecule has 3 rings (SSSR count). The third kappa shape index (κ3) is 4.08. The molecule has 0 radical (unpaired) electrons. The van der Waals surface area contributed by atoms with E-state index in [1.807, 2.05) is 0 Å². The summed E-state index contributed by atoms with van der Waals surface area (Å²) in [4.78, 5) is 23.9. The maximum absolute atomic E-state index is 12.5. The van der Waals surface area contributed by atoms with Crippen molar-refractivity contribution in [2.75, 3.05) is 7.11 Å². The number of pyridine rings is 1. The summed E-state index contributed by atoms with van der Waals surface area (Å²) in [7, 11) is 1.52. The highest BCUT2D eigenvalue weighted by molar-refractivity contribution is 5.93. The van der Waals surface area contributed by atoms with Crippen molar-refractivity contribution in [2.24, 2.45) is 0 Å². The standard InChI is InChI=1S/C19H14F3NO5/c1-27-12-4-2-11(3-5-12)9-23-10-15(18(25)26)17(24)14-8-13(6-7-16(14)23)28-19(20,21)22/h2-8,10H,9H2,1H3,(H,25,26). The van der Waals surface area contributed by atoms with Gasteiger partial charge in [0.05, 0.1) is 18.0 Å². The molecule has 1 aromatic heterocycles. The Kier molecular flexibility index (Phi) is 5.00. The molecule has 9 heteroatoms. The lowest BCUT2D eigenvalue weighted by molar-refractivity contribution is -0.274. The Balaban J connectivity index is 2.13. The zero-order chi connectivity index (χ0) is 20.5. The van der Waals surface area contributed by atoms with Crippen LogP contribution < -0.4 is 14.9 Å². The molecule has 2 aromatic carbocycles. The first-order chi connectivity index (χ1) is 13.2. The number of rotatable bonds is 5. The summed E-state index contributed by atoms with van der Waals surface area (Å²) in [5.41, 5.74) is -0.385. The number of aromatic nitrogens is 1. The number of hydrogen-bond acceptors (Lipinski definition) is 4. The Bertz CT molecular complexity index is 1090. The number of fused-ring (bicyclic) bond motifs is 1. The normalized spacial score (nSPS) is 11.4. The molecule has 0 unspecified atom stereocenters. The first-order valence-electron chi connectivity index (χ1n) is 7.97. The Labute approximate surface area is 156 Å². The second-order valence-corrected chi connectivity index (χ2v) is 5.88. The number of carboxylic acids is 1. The minimum absolute atomic E-state index is 0.185. The van der Waals surface area contributed by atoms with E-state index in [1.54, 1.807) is 24.3 Å². The molecule has 0 aliphatic carbocycles. The third-order valence-corrected chi connectivity index (χ3v) is 4.03. The highest BCUT2D eigenvalue weighted by Gasteiger charge is 2.31. The number of halogens is 3. The van der Waals surface area contributed by atoms with Gasteiger partial charge in [-0.05, 0) is 35.9 Å². The molecule has 1 heterocycles. The van der Waals surface area contributed by atoms with Gasteiger partial charge in [0.15, 0.2) is 0 Å². The molecule has 0 fully saturated rings. The summed E-state index contributed by atoms with van der Waals surface area (Å²) in [6, 6.07) is 10.2. The van der Waals surface area contributed by atoms with Crippen molar-refractivity contribution in [1.29, 1.82) is 0 Å². The highest BCUT2D eigenvalue weighted by Crippen LogP contribution is 2.26. The zero-order valence-corrected chi connectivity index (χ0v) is 14.5. The fraction of sp³-hybridized carbons (Fsp3) is 0.158. The van der Waals surface area contributed by atoms with Gasteiger partial charge < -0.3 is 19.1 Å². The minimum Gasteiger partial charge on any atom is -0.497 e. The third-order valence-electron chi connectivity index (χ3n) is 4.03. The molecular weight excluding hydrogens is 379 g/mol. The van der Waals surface area contributed by atoms with Gasteiger partial charge in [0.2, 0.25) is 5.43 Å². The average Bonchev–Trinajstić information content (AvgIpc) is 2.63. The van der Waals surface area contributed by atoms with E-state index in [9.17, 15) is 27.9 Å². The maximum Gasteiger partial charge on any atom is 0.573 e. The number of aromatic carboxylic acids is 1. The molecule has 0 bridgehead atoms. The second kappa shape index (κ2) is 7.26. The molecule has 28 heavy (non-hydrogen) atoms. The van der Waals surface area contributed by atoms with Crippen LogP contribution >= 0.6 is 0 Å². The summed E-state index contributed by atoms with van der Waals surface area (Å²) in [6.45, 7) is 0.195. The molecule has 0 atom stereocenters. The summed E-state index contributed by atoms with van der Waals surface area (Å²) in [6.07, 6.45) is -3.76. The minimum atomic E-state index is -4.93. The van der Waals surface area contributed by atoms with Crippen LogP contribution in [0, 0.1) is 0 Å². The van der Waals surface area contributed by atoms with Crippen LogP contribution in [0.15, 0.2) is 53.5 Å². The Morgan fingerprint density at radius 2 is 1.75 bits per heavy atom. The molecule has 3 aromatic rings. The SMILES string of the molecule is COc1ccc(Cn2cc(C(=O)O)c(=O)c3cc(OC(F)(F)F)ccc32)cc1. The molecule has 0 saturated heterocycles. The second-order valence-electron chi connectivity index (χ2n) is 5.88. The van der Waals surface area contributed by atoms with E-state index in [0.29, 0.717) is 5.75 Å². The smallest absolute Gasteiger partial charge is 0.497 e. The van der Waals surface area contributed by atoms with Crippen molar-refractivity contribution in [2.45, 2.75) is 12.9 Å². The molecule has 1 N–H and O–H groups in total. The predicted octanol–water partition coefficient (Wildman–Crippen LogP) is 3.66. The molecule has 0 saturated carbocycles. The fourth-order valence-corrected chi connectivity index (χ4v) is 2.78. The fourth-order valence-electron chi connectivity index (χ4n) is 2.78. The van der Waals surface area contributed by atoms with Crippen molar-refractivity contribution in [3.63, 3.8) is 0 Å². The summed E-state index contributed by atoms with van der Waals surface area (Å²) < 4.78 is 47.8. The summed E-state index contributed by atoms with van der Waals surface area (Å²) in [5, 5.41) is 9.11. The average molecular weight is 393 g/mol. The lowest BCUT2D eigenvalue weighted by Crippen LogP contribution is -2.20. The van der Waals surface area contributed by atoms with E-state index in [2.05, 4.69) is 4.74 Å². The molecule has 6 nitrogen and oxygen atoms in total. The van der Waals surface area contributed by atoms with Crippen LogP contribution in [0.3, 0.4) is 0 Å². The van der Waals surface area contributed by atoms with Crippen LogP contribution in [0.5, 0.6) is 11.5 Å². The van der Waals surface area contributed by atoms with Gasteiger partial charge in [-0.15, -0.1) is 13.2 Å². The molecule has 146 valence electrons. The molecule has 0 aliphatic rings. The topological polar surface area (TPSA) is 77.8 Å². The number of carboxylic acid groups (broad SMARTS) is 1. The van der Waals surface area contributed by atoms with Gasteiger partial charge in [0, 0.05) is 12.7 Å². The number of hydrogen-bond donors (Lipinski definition) is 1. The van der Waals surface area contributed by atoms with Crippen LogP contribution in [0.4, 0.5) is 13.2 Å². The Morgan fingerprint density at radius 1 is 1.11 bits per heavy atom. The number of ether oxygens (including phenoxy) is 2. The van der Waals surface area contributed by atoms with Crippen molar-refractivity contribution >= 4 is 16.9 Å². The highest BCUT2D eigenvalue weighted by atomic mass is 19.4. The largest absolute Gasteiger partial charge is 0.573 e. The van der Waals surface area contributed by atoms with Gasteiger partial charge in [-0.25, -0.2) is 4.79 Å². The number of alkyl halides is 3. The molecule has 0 aliphatic heterocycles. The van der Waals surface area contributed by atoms with Crippen molar-refractivity contribution in [1.82, 2.24) is 4.57 Å². The summed E-state index contributed by atoms with van der Waals surface area (Å²) in [5.74, 6) is -1.44. The first kappa shape index (κ1) is 19.3. The van der Waals surface area contributed by atoms with Crippen LogP contribution in [-0.4, -0.2) is 29.1 Å². The lowest BCUT2D eigenvalue weighted by Gasteiger charge is -2.14. The van der Waals surface area contributed by atoms with Crippen molar-refractivity contribution < 1.29 is 32.5 Å². The van der Waals surface area contributed by atoms with E-state index < -0.39 is 29.1 Å². The lowest BCUT2D eigenvalue weighted by atomic mass is 10.1. The molecule has 0 spiro atoms. The monoisotopic (exact) mass is 393 g/mol. The quantitative estimate of drug-likeness (QED) is 0.716. The van der Waals surface area contributed by atoms with Crippen LogP contribution in [0.1, 0.15) is 15.9 Å². The van der Waals surface area contributed by atoms with Crippen molar-refractivity contribution in [3.05, 3.63) is 70.0 Å². The molecular formula is C19H14F3NO5. The van der Waals surface area contributed by atoms with Gasteiger partial charge in [-0.3, -0.25) is 4.79 Å². The van der Waals surface area contributed by atoms with Gasteiger partial charge in [-0.2, -0.15) is 0 Å². The maximum atomic E-state index is 12.5. The molecule has 0 amide bonds. The predicted molar refractivity (Wildman–Crippen MR) is 93.9 cm³/mol. The van der Waals surface area contributed by atoms with Crippen LogP contribution in [0.2, 0.25) is 0 Å². The van der Waals surface area contributed by atoms with Gasteiger partial charge >= 0.3 is 12.3 Å². The number of carbonyl (C=O) groups is 1. The van der Waals surface area contributed by atoms with E-state index in [0.717, 1.165) is 17.7 Å². The van der Waals surface area contributed by atoms with Gasteiger partial charge in [-0.1, -0.05) is 12.1 Å². The van der Waals surface area contributed by atoms with E-state index in [1.165, 1.54) is 23.9 Å². The zero-order valence-electron chi connectivity index (χ0n) is 14.5. The number of methoxy groups -OCH3 is 1. The first-order valence-corrected chi connectivity index (χ1v) is 7.97. The summed E-state index contributed by atoms with van der Waals surface area (Å²) >= 11 is 0. The van der Waals surface area contributed by atoms with Crippen LogP contribution in [-0.2, 0) is 6.54 Å². The van der Waals surface area contributed by atoms with Gasteiger partial charge in [0.1, 0.15) is 17.1 Å². The van der Waals surface area contributed by atoms with E-state index >= 15 is 0 Å². The number of nitrogens with zero attached hydrogens (tertiary/aromatic N) is 1. The Morgan fingerprint density at radius 3 is 2.32 bits per heavy atom. The number of benzene rings is 2. The van der Waals surface area contributed by atoms with Crippen molar-refractivity contribution in [3.8, 4) is 11.5 Å². The Hall–Kier alpha value is -3.49. The van der Waals surface area contributed by atoms with Crippen LogP contribution in [0.25, 0.3) is 10.9 Å². The van der Waals surface area contributed by atoms with E-state index in [4.69, 9.17) is 4.74 Å². The van der Waals surface area contributed by atoms with Gasteiger partial charge in [0.25, 0.3) is 0 Å².